The first-order chi connectivity index (χ1) is 14.2. The summed E-state index contributed by atoms with van der Waals surface area (Å²) in [6, 6.07) is 11.3. The molecule has 0 radical (unpaired) electrons. The van der Waals surface area contributed by atoms with Gasteiger partial charge in [0.1, 0.15) is 11.1 Å². The summed E-state index contributed by atoms with van der Waals surface area (Å²) in [6.45, 7) is 4.37. The first-order valence-electron chi connectivity index (χ1n) is 9.76. The molecule has 1 aromatic carbocycles. The highest BCUT2D eigenvalue weighted by Gasteiger charge is 2.34. The van der Waals surface area contributed by atoms with Gasteiger partial charge in [-0.1, -0.05) is 18.2 Å². The average Bonchev–Trinajstić information content (AvgIpc) is 3.42. The molecule has 2 aliphatic rings. The number of carbonyl (C=O) groups is 2. The molecule has 1 atom stereocenters. The molecule has 2 amide bonds. The number of para-hydroxylation sites is 1. The molecular formula is C21H25N3O4S. The van der Waals surface area contributed by atoms with E-state index in [2.05, 4.69) is 4.90 Å². The van der Waals surface area contributed by atoms with Crippen LogP contribution in [0.3, 0.4) is 0 Å². The molecule has 0 bridgehead atoms. The quantitative estimate of drug-likeness (QED) is 0.722. The fraction of sp³-hybridized carbons (Fsp3) is 0.429. The van der Waals surface area contributed by atoms with E-state index in [0.29, 0.717) is 31.1 Å². The van der Waals surface area contributed by atoms with E-state index >= 15 is 0 Å². The van der Waals surface area contributed by atoms with Gasteiger partial charge in [0, 0.05) is 44.8 Å². The molecule has 0 aliphatic carbocycles. The van der Waals surface area contributed by atoms with E-state index in [1.165, 1.54) is 6.26 Å². The number of rotatable bonds is 6. The number of hydrogen-bond acceptors (Lipinski definition) is 6. The number of hydrogen-bond donors (Lipinski definition) is 0. The molecule has 3 heterocycles. The van der Waals surface area contributed by atoms with E-state index in [4.69, 9.17) is 9.15 Å². The predicted octanol–water partition coefficient (Wildman–Crippen LogP) is 2.32. The number of benzene rings is 1. The van der Waals surface area contributed by atoms with Gasteiger partial charge in [0.15, 0.2) is 5.76 Å². The third-order valence-electron chi connectivity index (χ3n) is 5.42. The molecule has 1 aromatic heterocycles. The summed E-state index contributed by atoms with van der Waals surface area (Å²) < 4.78 is 10.7. The maximum atomic E-state index is 12.5. The van der Waals surface area contributed by atoms with Crippen molar-refractivity contribution in [3.63, 3.8) is 0 Å². The van der Waals surface area contributed by atoms with Crippen molar-refractivity contribution in [3.8, 4) is 5.75 Å². The van der Waals surface area contributed by atoms with Gasteiger partial charge >= 0.3 is 0 Å². The fourth-order valence-corrected chi connectivity index (χ4v) is 5.05. The van der Waals surface area contributed by atoms with Crippen LogP contribution in [0, 0.1) is 0 Å². The average molecular weight is 416 g/mol. The van der Waals surface area contributed by atoms with Gasteiger partial charge in [-0.15, -0.1) is 11.8 Å². The van der Waals surface area contributed by atoms with E-state index < -0.39 is 0 Å². The van der Waals surface area contributed by atoms with Crippen LogP contribution in [-0.4, -0.2) is 78.6 Å². The number of amides is 2. The Morgan fingerprint density at radius 3 is 2.66 bits per heavy atom. The van der Waals surface area contributed by atoms with Crippen molar-refractivity contribution in [2.45, 2.75) is 5.37 Å². The lowest BCUT2D eigenvalue weighted by Crippen LogP contribution is -2.50. The topological polar surface area (TPSA) is 66.2 Å². The largest absolute Gasteiger partial charge is 0.496 e. The van der Waals surface area contributed by atoms with Gasteiger partial charge in [-0.3, -0.25) is 14.5 Å². The number of thioether (sulfide) groups is 1. The van der Waals surface area contributed by atoms with E-state index in [-0.39, 0.29) is 17.2 Å². The zero-order valence-corrected chi connectivity index (χ0v) is 17.3. The highest BCUT2D eigenvalue weighted by molar-refractivity contribution is 8.00. The van der Waals surface area contributed by atoms with Crippen molar-refractivity contribution in [2.75, 3.05) is 52.1 Å². The smallest absolute Gasteiger partial charge is 0.289 e. The minimum absolute atomic E-state index is 0.0135. The van der Waals surface area contributed by atoms with Crippen LogP contribution in [0.25, 0.3) is 0 Å². The van der Waals surface area contributed by atoms with Crippen molar-refractivity contribution in [1.82, 2.24) is 14.7 Å². The van der Waals surface area contributed by atoms with Crippen molar-refractivity contribution in [1.29, 1.82) is 0 Å². The fourth-order valence-electron chi connectivity index (χ4n) is 3.80. The van der Waals surface area contributed by atoms with Gasteiger partial charge in [-0.2, -0.15) is 0 Å². The Morgan fingerprint density at radius 1 is 1.14 bits per heavy atom. The van der Waals surface area contributed by atoms with Crippen molar-refractivity contribution in [2.24, 2.45) is 0 Å². The molecule has 154 valence electrons. The predicted molar refractivity (Wildman–Crippen MR) is 111 cm³/mol. The monoisotopic (exact) mass is 415 g/mol. The second-order valence-corrected chi connectivity index (χ2v) is 8.17. The summed E-state index contributed by atoms with van der Waals surface area (Å²) in [7, 11) is 1.66. The molecular weight excluding hydrogens is 390 g/mol. The zero-order valence-electron chi connectivity index (χ0n) is 16.5. The van der Waals surface area contributed by atoms with Crippen LogP contribution in [0.1, 0.15) is 21.5 Å². The van der Waals surface area contributed by atoms with E-state index in [1.54, 1.807) is 31.0 Å². The Balaban J connectivity index is 1.33. The van der Waals surface area contributed by atoms with Gasteiger partial charge in [-0.25, -0.2) is 0 Å². The number of methoxy groups -OCH3 is 1. The van der Waals surface area contributed by atoms with E-state index in [0.717, 1.165) is 30.9 Å². The van der Waals surface area contributed by atoms with Crippen molar-refractivity contribution >= 4 is 23.6 Å². The number of ether oxygens (including phenoxy) is 1. The Bertz CT molecular complexity index is 849. The third-order valence-corrected chi connectivity index (χ3v) is 6.66. The lowest BCUT2D eigenvalue weighted by molar-refractivity contribution is -0.128. The van der Waals surface area contributed by atoms with Crippen LogP contribution >= 0.6 is 11.8 Å². The summed E-state index contributed by atoms with van der Waals surface area (Å²) in [5, 5.41) is -0.0135. The van der Waals surface area contributed by atoms with Crippen LogP contribution in [0.4, 0.5) is 0 Å². The Morgan fingerprint density at radius 2 is 1.93 bits per heavy atom. The van der Waals surface area contributed by atoms with Crippen LogP contribution in [-0.2, 0) is 4.79 Å². The minimum atomic E-state index is -0.0583. The molecule has 8 heteroatoms. The van der Waals surface area contributed by atoms with E-state index in [9.17, 15) is 9.59 Å². The highest BCUT2D eigenvalue weighted by atomic mass is 32.2. The molecule has 0 spiro atoms. The lowest BCUT2D eigenvalue weighted by Gasteiger charge is -2.35. The summed E-state index contributed by atoms with van der Waals surface area (Å²) >= 11 is 1.65. The maximum absolute atomic E-state index is 12.5. The van der Waals surface area contributed by atoms with Gasteiger partial charge in [0.05, 0.1) is 19.1 Å². The summed E-state index contributed by atoms with van der Waals surface area (Å²) in [5.41, 5.74) is 1.04. The second-order valence-electron chi connectivity index (χ2n) is 7.10. The Hall–Kier alpha value is -2.45. The van der Waals surface area contributed by atoms with Crippen molar-refractivity contribution < 1.29 is 18.7 Å². The molecule has 2 saturated heterocycles. The third kappa shape index (κ3) is 4.28. The van der Waals surface area contributed by atoms with Crippen molar-refractivity contribution in [3.05, 3.63) is 54.0 Å². The highest BCUT2D eigenvalue weighted by Crippen LogP contribution is 2.42. The lowest BCUT2D eigenvalue weighted by atomic mass is 10.2. The first-order valence-corrected chi connectivity index (χ1v) is 10.8. The zero-order chi connectivity index (χ0) is 20.2. The molecule has 2 fully saturated rings. The van der Waals surface area contributed by atoms with Crippen LogP contribution in [0.2, 0.25) is 0 Å². The normalized spacial score (nSPS) is 20.3. The minimum Gasteiger partial charge on any atom is -0.496 e. The van der Waals surface area contributed by atoms with Crippen LogP contribution in [0.5, 0.6) is 5.75 Å². The Kier molecular flexibility index (Phi) is 6.10. The summed E-state index contributed by atoms with van der Waals surface area (Å²) in [6.07, 6.45) is 1.52. The molecule has 29 heavy (non-hydrogen) atoms. The molecule has 2 aliphatic heterocycles. The number of nitrogens with zero attached hydrogens (tertiary/aromatic N) is 3. The number of carbonyl (C=O) groups excluding carboxylic acids is 2. The summed E-state index contributed by atoms with van der Waals surface area (Å²) in [5.74, 6) is 1.80. The molecule has 2 aromatic rings. The van der Waals surface area contributed by atoms with Gasteiger partial charge in [0.25, 0.3) is 5.91 Å². The first kappa shape index (κ1) is 19.8. The Labute approximate surface area is 174 Å². The maximum Gasteiger partial charge on any atom is 0.289 e. The SMILES string of the molecule is COc1ccccc1C1SCC(=O)N1CCN1CCN(C(=O)c2ccco2)CC1. The molecule has 1 unspecified atom stereocenters. The van der Waals surface area contributed by atoms with Gasteiger partial charge in [-0.05, 0) is 18.2 Å². The standard InChI is InChI=1S/C21H25N3O4S/c1-27-17-6-3-2-5-16(17)21-24(19(25)15-29-21)13-10-22-8-11-23(12-9-22)20(26)18-7-4-14-28-18/h2-7,14,21H,8-13,15H2,1H3. The van der Waals surface area contributed by atoms with Crippen LogP contribution in [0.15, 0.2) is 47.1 Å². The van der Waals surface area contributed by atoms with Gasteiger partial charge < -0.3 is 19.0 Å². The van der Waals surface area contributed by atoms with Crippen LogP contribution < -0.4 is 4.74 Å². The molecule has 0 saturated carbocycles. The molecule has 7 nitrogen and oxygen atoms in total. The molecule has 0 N–H and O–H groups in total. The molecule has 4 rings (SSSR count). The summed E-state index contributed by atoms with van der Waals surface area (Å²) in [4.78, 5) is 30.9. The second kappa shape index (κ2) is 8.92. The van der Waals surface area contributed by atoms with Gasteiger partial charge in [0.2, 0.25) is 5.91 Å². The number of furan rings is 1. The number of piperazine rings is 1. The van der Waals surface area contributed by atoms with E-state index in [1.807, 2.05) is 34.1 Å².